The Hall–Kier alpha value is -2.70. The fraction of sp³-hybridized carbons (Fsp3) is 0.550. The Bertz CT molecular complexity index is 975. The maximum Gasteiger partial charge on any atom is 0.308 e. The lowest BCUT2D eigenvalue weighted by atomic mass is 10.1. The standard InChI is InChI=1S/C20H27N3O8S/c1-29-16-4-3-14(11-17(16)32(27,28)22-7-9-31-10-8-22)12-18(24)23-6-5-21-20(26)15(23)13-19(25)30-2/h3-4,11,15H,5-10,12-13H2,1-2H3,(H,21,26). The van der Waals surface area contributed by atoms with Crippen molar-refractivity contribution in [3.05, 3.63) is 23.8 Å². The van der Waals surface area contributed by atoms with Gasteiger partial charge in [0.05, 0.1) is 40.3 Å². The molecule has 2 fully saturated rings. The molecule has 2 heterocycles. The van der Waals surface area contributed by atoms with Crippen LogP contribution >= 0.6 is 0 Å². The fourth-order valence-corrected chi connectivity index (χ4v) is 5.31. The molecule has 12 heteroatoms. The predicted octanol–water partition coefficient (Wildman–Crippen LogP) is -0.851. The average molecular weight is 470 g/mol. The van der Waals surface area contributed by atoms with Gasteiger partial charge in [0, 0.05) is 26.2 Å². The molecule has 0 radical (unpaired) electrons. The monoisotopic (exact) mass is 469 g/mol. The molecule has 2 aliphatic heterocycles. The normalized spacial score (nSPS) is 19.9. The van der Waals surface area contributed by atoms with Crippen molar-refractivity contribution < 1.29 is 37.0 Å². The first-order chi connectivity index (χ1) is 15.3. The summed E-state index contributed by atoms with van der Waals surface area (Å²) in [7, 11) is -1.26. The van der Waals surface area contributed by atoms with Crippen molar-refractivity contribution in [3.8, 4) is 5.75 Å². The summed E-state index contributed by atoms with van der Waals surface area (Å²) >= 11 is 0. The van der Waals surface area contributed by atoms with Crippen LogP contribution in [0.1, 0.15) is 12.0 Å². The molecule has 0 bridgehead atoms. The summed E-state index contributed by atoms with van der Waals surface area (Å²) < 4.78 is 42.7. The Balaban J connectivity index is 1.83. The highest BCUT2D eigenvalue weighted by atomic mass is 32.2. The van der Waals surface area contributed by atoms with Crippen molar-refractivity contribution in [1.82, 2.24) is 14.5 Å². The van der Waals surface area contributed by atoms with Gasteiger partial charge in [-0.25, -0.2) is 8.42 Å². The van der Waals surface area contributed by atoms with Gasteiger partial charge in [-0.2, -0.15) is 4.31 Å². The summed E-state index contributed by atoms with van der Waals surface area (Å²) in [6.07, 6.45) is -0.395. The molecule has 0 saturated carbocycles. The lowest BCUT2D eigenvalue weighted by Gasteiger charge is -2.34. The van der Waals surface area contributed by atoms with Crippen LogP contribution in [0.3, 0.4) is 0 Å². The minimum absolute atomic E-state index is 0.0327. The molecule has 176 valence electrons. The predicted molar refractivity (Wildman–Crippen MR) is 111 cm³/mol. The van der Waals surface area contributed by atoms with Crippen molar-refractivity contribution in [2.75, 3.05) is 53.6 Å². The van der Waals surface area contributed by atoms with E-state index in [2.05, 4.69) is 10.1 Å². The van der Waals surface area contributed by atoms with E-state index in [-0.39, 0.29) is 49.7 Å². The highest BCUT2D eigenvalue weighted by molar-refractivity contribution is 7.89. The number of ether oxygens (including phenoxy) is 3. The van der Waals surface area contributed by atoms with Crippen LogP contribution in [0.25, 0.3) is 0 Å². The van der Waals surface area contributed by atoms with Gasteiger partial charge in [0.2, 0.25) is 21.8 Å². The SMILES string of the molecule is COC(=O)CC1C(=O)NCCN1C(=O)Cc1ccc(OC)c(S(=O)(=O)N2CCOCC2)c1. The number of benzene rings is 1. The number of methoxy groups -OCH3 is 2. The van der Waals surface area contributed by atoms with E-state index in [9.17, 15) is 22.8 Å². The number of amides is 2. The van der Waals surface area contributed by atoms with Gasteiger partial charge >= 0.3 is 5.97 Å². The first kappa shape index (κ1) is 24.0. The zero-order valence-electron chi connectivity index (χ0n) is 18.0. The first-order valence-corrected chi connectivity index (χ1v) is 11.6. The van der Waals surface area contributed by atoms with E-state index in [4.69, 9.17) is 9.47 Å². The van der Waals surface area contributed by atoms with Gasteiger partial charge in [-0.1, -0.05) is 6.07 Å². The summed E-state index contributed by atoms with van der Waals surface area (Å²) in [4.78, 5) is 38.2. The molecule has 1 unspecified atom stereocenters. The van der Waals surface area contributed by atoms with Crippen molar-refractivity contribution in [2.45, 2.75) is 23.8 Å². The molecule has 0 aliphatic carbocycles. The van der Waals surface area contributed by atoms with Gasteiger partial charge in [-0.3, -0.25) is 14.4 Å². The van der Waals surface area contributed by atoms with Crippen LogP contribution in [-0.2, 0) is 40.3 Å². The molecule has 1 N–H and O–H groups in total. The maximum absolute atomic E-state index is 13.1. The summed E-state index contributed by atoms with van der Waals surface area (Å²) in [5, 5.41) is 2.64. The molecule has 0 aromatic heterocycles. The largest absolute Gasteiger partial charge is 0.495 e. The molecular formula is C20H27N3O8S. The third-order valence-corrected chi connectivity index (χ3v) is 7.33. The van der Waals surface area contributed by atoms with Crippen LogP contribution in [0.2, 0.25) is 0 Å². The third kappa shape index (κ3) is 5.19. The molecule has 32 heavy (non-hydrogen) atoms. The Morgan fingerprint density at radius 2 is 1.91 bits per heavy atom. The lowest BCUT2D eigenvalue weighted by Crippen LogP contribution is -2.58. The second-order valence-electron chi connectivity index (χ2n) is 7.35. The van der Waals surface area contributed by atoms with E-state index in [1.165, 1.54) is 35.6 Å². The van der Waals surface area contributed by atoms with E-state index in [0.717, 1.165) is 0 Å². The Labute approximate surface area is 186 Å². The zero-order chi connectivity index (χ0) is 23.3. The van der Waals surface area contributed by atoms with Gasteiger partial charge in [0.1, 0.15) is 16.7 Å². The number of hydrogen-bond acceptors (Lipinski definition) is 8. The van der Waals surface area contributed by atoms with Crippen LogP contribution in [0.4, 0.5) is 0 Å². The number of sulfonamides is 1. The minimum atomic E-state index is -3.85. The molecule has 2 saturated heterocycles. The van der Waals surface area contributed by atoms with Crippen molar-refractivity contribution in [2.24, 2.45) is 0 Å². The summed E-state index contributed by atoms with van der Waals surface area (Å²) in [5.74, 6) is -1.25. The van der Waals surface area contributed by atoms with Crippen LogP contribution in [0, 0.1) is 0 Å². The van der Waals surface area contributed by atoms with Crippen molar-refractivity contribution >= 4 is 27.8 Å². The van der Waals surface area contributed by atoms with E-state index in [0.29, 0.717) is 18.8 Å². The number of nitrogens with zero attached hydrogens (tertiary/aromatic N) is 2. The van der Waals surface area contributed by atoms with E-state index in [1.54, 1.807) is 6.07 Å². The number of carbonyl (C=O) groups is 3. The molecule has 3 rings (SSSR count). The Morgan fingerprint density at radius 3 is 2.56 bits per heavy atom. The van der Waals surface area contributed by atoms with E-state index in [1.807, 2.05) is 0 Å². The van der Waals surface area contributed by atoms with Crippen LogP contribution in [0.5, 0.6) is 5.75 Å². The van der Waals surface area contributed by atoms with Crippen molar-refractivity contribution in [1.29, 1.82) is 0 Å². The van der Waals surface area contributed by atoms with Gasteiger partial charge < -0.3 is 24.4 Å². The van der Waals surface area contributed by atoms with Gasteiger partial charge in [0.25, 0.3) is 0 Å². The number of rotatable bonds is 7. The lowest BCUT2D eigenvalue weighted by molar-refractivity contribution is -0.150. The molecular weight excluding hydrogens is 442 g/mol. The second kappa shape index (κ2) is 10.3. The number of esters is 1. The van der Waals surface area contributed by atoms with Crippen molar-refractivity contribution in [3.63, 3.8) is 0 Å². The Kier molecular flexibility index (Phi) is 7.69. The maximum atomic E-state index is 13.1. The number of piperazine rings is 1. The van der Waals surface area contributed by atoms with Gasteiger partial charge in [-0.15, -0.1) is 0 Å². The summed E-state index contributed by atoms with van der Waals surface area (Å²) in [6.45, 7) is 1.57. The molecule has 2 amide bonds. The minimum Gasteiger partial charge on any atom is -0.495 e. The molecule has 11 nitrogen and oxygen atoms in total. The first-order valence-electron chi connectivity index (χ1n) is 10.2. The molecule has 1 atom stereocenters. The number of carbonyl (C=O) groups excluding carboxylic acids is 3. The van der Waals surface area contributed by atoms with Gasteiger partial charge in [-0.05, 0) is 17.7 Å². The second-order valence-corrected chi connectivity index (χ2v) is 9.26. The topological polar surface area (TPSA) is 132 Å². The fourth-order valence-electron chi connectivity index (χ4n) is 3.69. The number of morpholine rings is 1. The van der Waals surface area contributed by atoms with Crippen LogP contribution in [0.15, 0.2) is 23.1 Å². The van der Waals surface area contributed by atoms with E-state index < -0.39 is 33.8 Å². The molecule has 0 spiro atoms. The van der Waals surface area contributed by atoms with Crippen LogP contribution in [-0.4, -0.2) is 95.1 Å². The Morgan fingerprint density at radius 1 is 1.19 bits per heavy atom. The van der Waals surface area contributed by atoms with Gasteiger partial charge in [0.15, 0.2) is 0 Å². The summed E-state index contributed by atoms with van der Waals surface area (Å²) in [6, 6.07) is 3.55. The number of hydrogen-bond donors (Lipinski definition) is 1. The quantitative estimate of drug-likeness (QED) is 0.511. The highest BCUT2D eigenvalue weighted by Gasteiger charge is 2.35. The average Bonchev–Trinajstić information content (AvgIpc) is 2.80. The zero-order valence-corrected chi connectivity index (χ0v) is 18.9. The van der Waals surface area contributed by atoms with E-state index >= 15 is 0 Å². The third-order valence-electron chi connectivity index (χ3n) is 5.41. The highest BCUT2D eigenvalue weighted by Crippen LogP contribution is 2.29. The number of nitrogens with one attached hydrogen (secondary N) is 1. The van der Waals surface area contributed by atoms with Crippen LogP contribution < -0.4 is 10.1 Å². The summed E-state index contributed by atoms with van der Waals surface area (Å²) in [5.41, 5.74) is 0.449. The molecule has 2 aliphatic rings. The molecule has 1 aromatic rings. The smallest absolute Gasteiger partial charge is 0.308 e. The molecule has 1 aromatic carbocycles.